The van der Waals surface area contributed by atoms with Crippen molar-refractivity contribution in [2.45, 2.75) is 32.2 Å². The number of anilines is 1. The molecule has 2 fully saturated rings. The minimum absolute atomic E-state index is 0.0000279. The molecule has 2 aliphatic rings. The highest BCUT2D eigenvalue weighted by molar-refractivity contribution is 6.01. The zero-order valence-electron chi connectivity index (χ0n) is 12.4. The lowest BCUT2D eigenvalue weighted by molar-refractivity contribution is -0.126. The Kier molecular flexibility index (Phi) is 3.57. The average molecular weight is 288 g/mol. The highest BCUT2D eigenvalue weighted by Gasteiger charge is 2.37. The molecule has 1 aliphatic carbocycles. The van der Waals surface area contributed by atoms with E-state index in [1.165, 1.54) is 0 Å². The van der Waals surface area contributed by atoms with Crippen molar-refractivity contribution in [3.8, 4) is 5.75 Å². The van der Waals surface area contributed by atoms with Gasteiger partial charge in [-0.25, -0.2) is 0 Å². The van der Waals surface area contributed by atoms with Gasteiger partial charge >= 0.3 is 0 Å². The Morgan fingerprint density at radius 1 is 1.38 bits per heavy atom. The number of aryl methyl sites for hydroxylation is 1. The quantitative estimate of drug-likeness (QED) is 0.916. The summed E-state index contributed by atoms with van der Waals surface area (Å²) in [7, 11) is 1.59. The van der Waals surface area contributed by atoms with Crippen LogP contribution in [0.2, 0.25) is 0 Å². The molecule has 5 heteroatoms. The van der Waals surface area contributed by atoms with Crippen LogP contribution in [0.5, 0.6) is 5.75 Å². The maximum atomic E-state index is 12.3. The van der Waals surface area contributed by atoms with E-state index in [-0.39, 0.29) is 24.2 Å². The highest BCUT2D eigenvalue weighted by atomic mass is 16.5. The molecule has 3 rings (SSSR count). The number of carbonyl (C=O) groups is 2. The van der Waals surface area contributed by atoms with Crippen LogP contribution in [0, 0.1) is 12.8 Å². The Hall–Kier alpha value is -2.04. The molecule has 1 heterocycles. The van der Waals surface area contributed by atoms with E-state index >= 15 is 0 Å². The van der Waals surface area contributed by atoms with Gasteiger partial charge < -0.3 is 15.0 Å². The van der Waals surface area contributed by atoms with Crippen molar-refractivity contribution in [3.05, 3.63) is 23.8 Å². The van der Waals surface area contributed by atoms with Crippen LogP contribution in [-0.2, 0) is 9.59 Å². The Labute approximate surface area is 124 Å². The largest absolute Gasteiger partial charge is 0.495 e. The van der Waals surface area contributed by atoms with Crippen LogP contribution in [0.4, 0.5) is 5.69 Å². The molecule has 1 atom stereocenters. The topological polar surface area (TPSA) is 58.6 Å². The SMILES string of the molecule is COc1ccc(C)cc1N1CC(C(=O)NC2CC2)CC1=O. The first-order valence-corrected chi connectivity index (χ1v) is 7.34. The van der Waals surface area contributed by atoms with E-state index in [4.69, 9.17) is 4.74 Å². The van der Waals surface area contributed by atoms with E-state index in [2.05, 4.69) is 5.32 Å². The molecular formula is C16H20N2O3. The Morgan fingerprint density at radius 2 is 2.14 bits per heavy atom. The summed E-state index contributed by atoms with van der Waals surface area (Å²) in [4.78, 5) is 26.0. The molecule has 0 aromatic heterocycles. The summed E-state index contributed by atoms with van der Waals surface area (Å²) in [5, 5.41) is 2.98. The number of carbonyl (C=O) groups excluding carboxylic acids is 2. The predicted octanol–water partition coefficient (Wildman–Crippen LogP) is 1.64. The van der Waals surface area contributed by atoms with Crippen molar-refractivity contribution in [1.29, 1.82) is 0 Å². The standard InChI is InChI=1S/C16H20N2O3/c1-10-3-6-14(21-2)13(7-10)18-9-11(8-15(18)19)16(20)17-12-4-5-12/h3,6-7,11-12H,4-5,8-9H2,1-2H3,(H,17,20). The van der Waals surface area contributed by atoms with Gasteiger partial charge in [0.1, 0.15) is 5.75 Å². The summed E-state index contributed by atoms with van der Waals surface area (Å²) in [6, 6.07) is 6.06. The molecule has 5 nitrogen and oxygen atoms in total. The molecule has 21 heavy (non-hydrogen) atoms. The maximum Gasteiger partial charge on any atom is 0.227 e. The lowest BCUT2D eigenvalue weighted by Crippen LogP contribution is -2.34. The summed E-state index contributed by atoms with van der Waals surface area (Å²) >= 11 is 0. The van der Waals surface area contributed by atoms with E-state index in [9.17, 15) is 9.59 Å². The van der Waals surface area contributed by atoms with Crippen molar-refractivity contribution >= 4 is 17.5 Å². The van der Waals surface area contributed by atoms with E-state index in [1.54, 1.807) is 12.0 Å². The number of ether oxygens (including phenoxy) is 1. The first kappa shape index (κ1) is 13.9. The van der Waals surface area contributed by atoms with Crippen LogP contribution < -0.4 is 15.0 Å². The number of rotatable bonds is 4. The van der Waals surface area contributed by atoms with Crippen molar-refractivity contribution < 1.29 is 14.3 Å². The van der Waals surface area contributed by atoms with Gasteiger partial charge in [-0.15, -0.1) is 0 Å². The monoisotopic (exact) mass is 288 g/mol. The van der Waals surface area contributed by atoms with Crippen molar-refractivity contribution in [1.82, 2.24) is 5.32 Å². The number of nitrogens with zero attached hydrogens (tertiary/aromatic N) is 1. The molecule has 1 aromatic rings. The molecule has 2 amide bonds. The van der Waals surface area contributed by atoms with E-state index in [0.29, 0.717) is 18.3 Å². The molecule has 0 bridgehead atoms. The normalized spacial score (nSPS) is 21.5. The van der Waals surface area contributed by atoms with E-state index < -0.39 is 0 Å². The fourth-order valence-electron chi connectivity index (χ4n) is 2.67. The van der Waals surface area contributed by atoms with Gasteiger partial charge in [0, 0.05) is 19.0 Å². The summed E-state index contributed by atoms with van der Waals surface area (Å²) < 4.78 is 5.34. The lowest BCUT2D eigenvalue weighted by atomic mass is 10.1. The number of methoxy groups -OCH3 is 1. The molecule has 1 aliphatic heterocycles. The first-order valence-electron chi connectivity index (χ1n) is 7.34. The van der Waals surface area contributed by atoms with Crippen LogP contribution in [0.15, 0.2) is 18.2 Å². The molecule has 1 N–H and O–H groups in total. The number of hydrogen-bond donors (Lipinski definition) is 1. The zero-order chi connectivity index (χ0) is 15.0. The third-order valence-corrected chi connectivity index (χ3v) is 4.04. The molecule has 0 spiro atoms. The van der Waals surface area contributed by atoms with Crippen LogP contribution >= 0.6 is 0 Å². The molecule has 1 saturated carbocycles. The van der Waals surface area contributed by atoms with Crippen molar-refractivity contribution in [2.24, 2.45) is 5.92 Å². The summed E-state index contributed by atoms with van der Waals surface area (Å²) in [5.41, 5.74) is 1.81. The van der Waals surface area contributed by atoms with E-state index in [1.807, 2.05) is 25.1 Å². The maximum absolute atomic E-state index is 12.3. The van der Waals surface area contributed by atoms with Gasteiger partial charge in [0.2, 0.25) is 11.8 Å². The third-order valence-electron chi connectivity index (χ3n) is 4.04. The molecule has 1 unspecified atom stereocenters. The Bertz CT molecular complexity index is 581. The Morgan fingerprint density at radius 3 is 2.81 bits per heavy atom. The molecule has 112 valence electrons. The lowest BCUT2D eigenvalue weighted by Gasteiger charge is -2.20. The van der Waals surface area contributed by atoms with Gasteiger partial charge in [0.05, 0.1) is 18.7 Å². The molecule has 1 aromatic carbocycles. The van der Waals surface area contributed by atoms with Gasteiger partial charge in [0.15, 0.2) is 0 Å². The highest BCUT2D eigenvalue weighted by Crippen LogP contribution is 2.34. The van der Waals surface area contributed by atoms with E-state index in [0.717, 1.165) is 24.1 Å². The van der Waals surface area contributed by atoms with Gasteiger partial charge in [-0.1, -0.05) is 6.07 Å². The fourth-order valence-corrected chi connectivity index (χ4v) is 2.67. The second-order valence-corrected chi connectivity index (χ2v) is 5.86. The van der Waals surface area contributed by atoms with Crippen LogP contribution in [-0.4, -0.2) is 31.5 Å². The molecule has 1 saturated heterocycles. The second kappa shape index (κ2) is 5.39. The van der Waals surface area contributed by atoms with Gasteiger partial charge in [0.25, 0.3) is 0 Å². The zero-order valence-corrected chi connectivity index (χ0v) is 12.4. The first-order chi connectivity index (χ1) is 10.1. The summed E-state index contributed by atoms with van der Waals surface area (Å²) in [6.45, 7) is 2.40. The second-order valence-electron chi connectivity index (χ2n) is 5.86. The van der Waals surface area contributed by atoms with Crippen LogP contribution in [0.3, 0.4) is 0 Å². The van der Waals surface area contributed by atoms with Gasteiger partial charge in [-0.2, -0.15) is 0 Å². The third kappa shape index (κ3) is 2.86. The molecular weight excluding hydrogens is 268 g/mol. The fraction of sp³-hybridized carbons (Fsp3) is 0.500. The van der Waals surface area contributed by atoms with Gasteiger partial charge in [-0.3, -0.25) is 9.59 Å². The number of hydrogen-bond acceptors (Lipinski definition) is 3. The Balaban J connectivity index is 1.78. The minimum Gasteiger partial charge on any atom is -0.495 e. The average Bonchev–Trinajstić information content (AvgIpc) is 3.18. The molecule has 0 radical (unpaired) electrons. The number of nitrogens with one attached hydrogen (secondary N) is 1. The number of amides is 2. The van der Waals surface area contributed by atoms with Crippen LogP contribution in [0.25, 0.3) is 0 Å². The summed E-state index contributed by atoms with van der Waals surface area (Å²) in [6.07, 6.45) is 2.39. The van der Waals surface area contributed by atoms with Crippen molar-refractivity contribution in [2.75, 3.05) is 18.6 Å². The van der Waals surface area contributed by atoms with Crippen LogP contribution in [0.1, 0.15) is 24.8 Å². The summed E-state index contributed by atoms with van der Waals surface area (Å²) in [5.74, 6) is 0.385. The minimum atomic E-state index is -0.261. The van der Waals surface area contributed by atoms with Crippen molar-refractivity contribution in [3.63, 3.8) is 0 Å². The van der Waals surface area contributed by atoms with Gasteiger partial charge in [-0.05, 0) is 37.5 Å². The predicted molar refractivity (Wildman–Crippen MR) is 79.4 cm³/mol. The number of benzene rings is 1. The smallest absolute Gasteiger partial charge is 0.227 e.